The number of unbranched alkanes of at least 4 members (excludes halogenated alkanes) is 2. The lowest BCUT2D eigenvalue weighted by Gasteiger charge is -2.43. The topological polar surface area (TPSA) is 23.1 Å². The minimum atomic E-state index is 0.0537. The first-order valence-electron chi connectivity index (χ1n) is 5.75. The van der Waals surface area contributed by atoms with Crippen LogP contribution in [0.25, 0.3) is 0 Å². The molecule has 0 aromatic carbocycles. The van der Waals surface area contributed by atoms with Gasteiger partial charge < -0.3 is 9.85 Å². The largest absolute Gasteiger partial charge is 0.633 e. The molecule has 0 unspecified atom stereocenters. The molecule has 80 valence electrons. The highest BCUT2D eigenvalue weighted by Crippen LogP contribution is 2.10. The maximum atomic E-state index is 12.2. The maximum Gasteiger partial charge on any atom is 0.0783 e. The first-order valence-corrected chi connectivity index (χ1v) is 5.75. The molecule has 0 aliphatic rings. The van der Waals surface area contributed by atoms with Crippen LogP contribution in [0.5, 0.6) is 0 Å². The summed E-state index contributed by atoms with van der Waals surface area (Å²) in [7, 11) is 0. The molecule has 0 N–H and O–H groups in total. The third-order valence-corrected chi connectivity index (χ3v) is 2.47. The summed E-state index contributed by atoms with van der Waals surface area (Å²) in [4.78, 5) is 0. The predicted molar refractivity (Wildman–Crippen MR) is 58.3 cm³/mol. The lowest BCUT2D eigenvalue weighted by atomic mass is 10.2. The fraction of sp³-hybridized carbons (Fsp3) is 1.00. The van der Waals surface area contributed by atoms with Crippen molar-refractivity contribution in [2.24, 2.45) is 0 Å². The smallest absolute Gasteiger partial charge is 0.0783 e. The van der Waals surface area contributed by atoms with E-state index in [-0.39, 0.29) is 4.65 Å². The van der Waals surface area contributed by atoms with Gasteiger partial charge in [-0.2, -0.15) is 0 Å². The van der Waals surface area contributed by atoms with Crippen LogP contribution < -0.4 is 0 Å². The summed E-state index contributed by atoms with van der Waals surface area (Å²) in [6, 6.07) is 0. The molecule has 0 atom stereocenters. The molecule has 0 aromatic rings. The van der Waals surface area contributed by atoms with Crippen LogP contribution in [-0.4, -0.2) is 24.3 Å². The summed E-state index contributed by atoms with van der Waals surface area (Å²) in [6.45, 7) is 8.85. The van der Waals surface area contributed by atoms with Crippen molar-refractivity contribution in [3.63, 3.8) is 0 Å². The highest BCUT2D eigenvalue weighted by atomic mass is 16.5. The van der Waals surface area contributed by atoms with Crippen molar-refractivity contribution in [3.8, 4) is 0 Å². The summed E-state index contributed by atoms with van der Waals surface area (Å²) in [6.07, 6.45) is 5.44. The predicted octanol–water partition coefficient (Wildman–Crippen LogP) is 3.31. The van der Waals surface area contributed by atoms with Gasteiger partial charge in [-0.05, 0) is 19.3 Å². The Kier molecular flexibility index (Phi) is 7.29. The van der Waals surface area contributed by atoms with Gasteiger partial charge in [0.1, 0.15) is 0 Å². The van der Waals surface area contributed by atoms with E-state index in [1.165, 1.54) is 0 Å². The molecule has 0 aliphatic carbocycles. The Hall–Kier alpha value is -0.0800. The van der Waals surface area contributed by atoms with Crippen LogP contribution in [0.15, 0.2) is 0 Å². The average Bonchev–Trinajstić information content (AvgIpc) is 2.12. The van der Waals surface area contributed by atoms with E-state index in [2.05, 4.69) is 20.8 Å². The van der Waals surface area contributed by atoms with Crippen LogP contribution in [0.1, 0.15) is 52.9 Å². The SMILES string of the molecule is CCCC[N+]([O-])(CCC)CCCC. The summed E-state index contributed by atoms with van der Waals surface area (Å²) >= 11 is 0. The minimum absolute atomic E-state index is 0.0537. The normalized spacial score (nSPS) is 12.0. The van der Waals surface area contributed by atoms with E-state index < -0.39 is 0 Å². The molecular weight excluding hydrogens is 162 g/mol. The quantitative estimate of drug-likeness (QED) is 0.422. The summed E-state index contributed by atoms with van der Waals surface area (Å²) in [5, 5.41) is 12.2. The molecule has 0 rings (SSSR count). The van der Waals surface area contributed by atoms with Gasteiger partial charge in [0.15, 0.2) is 0 Å². The van der Waals surface area contributed by atoms with Gasteiger partial charge in [0.2, 0.25) is 0 Å². The Bertz CT molecular complexity index is 107. The summed E-state index contributed by atoms with van der Waals surface area (Å²) < 4.78 is 0.0537. The van der Waals surface area contributed by atoms with Crippen molar-refractivity contribution >= 4 is 0 Å². The van der Waals surface area contributed by atoms with Crippen molar-refractivity contribution in [3.05, 3.63) is 5.21 Å². The second-order valence-electron chi connectivity index (χ2n) is 3.94. The number of hydrogen-bond donors (Lipinski definition) is 0. The van der Waals surface area contributed by atoms with E-state index >= 15 is 0 Å². The lowest BCUT2D eigenvalue weighted by Crippen LogP contribution is -2.44. The van der Waals surface area contributed by atoms with Gasteiger partial charge in [-0.3, -0.25) is 0 Å². The molecule has 0 saturated carbocycles. The van der Waals surface area contributed by atoms with Crippen molar-refractivity contribution in [2.45, 2.75) is 52.9 Å². The van der Waals surface area contributed by atoms with Crippen LogP contribution in [0, 0.1) is 5.21 Å². The molecule has 0 amide bonds. The van der Waals surface area contributed by atoms with Crippen LogP contribution in [0.4, 0.5) is 0 Å². The van der Waals surface area contributed by atoms with Gasteiger partial charge in [-0.15, -0.1) is 0 Å². The molecule has 0 aliphatic heterocycles. The van der Waals surface area contributed by atoms with Crippen LogP contribution in [-0.2, 0) is 0 Å². The second kappa shape index (κ2) is 7.34. The fourth-order valence-corrected chi connectivity index (χ4v) is 1.64. The Balaban J connectivity index is 3.84. The minimum Gasteiger partial charge on any atom is -0.633 e. The molecule has 0 saturated heterocycles. The molecule has 0 aromatic heterocycles. The van der Waals surface area contributed by atoms with Gasteiger partial charge in [0, 0.05) is 0 Å². The van der Waals surface area contributed by atoms with Gasteiger partial charge in [-0.25, -0.2) is 0 Å². The Morgan fingerprint density at radius 1 is 0.769 bits per heavy atom. The first-order chi connectivity index (χ1) is 6.18. The summed E-state index contributed by atoms with van der Waals surface area (Å²) in [5.74, 6) is 0. The van der Waals surface area contributed by atoms with Crippen LogP contribution in [0.3, 0.4) is 0 Å². The van der Waals surface area contributed by atoms with E-state index in [9.17, 15) is 5.21 Å². The van der Waals surface area contributed by atoms with Crippen LogP contribution in [0.2, 0.25) is 0 Å². The van der Waals surface area contributed by atoms with Crippen molar-refractivity contribution < 1.29 is 4.65 Å². The number of quaternary nitrogens is 1. The summed E-state index contributed by atoms with van der Waals surface area (Å²) in [5.41, 5.74) is 0. The van der Waals surface area contributed by atoms with Gasteiger partial charge in [0.05, 0.1) is 19.6 Å². The highest BCUT2D eigenvalue weighted by Gasteiger charge is 2.13. The van der Waals surface area contributed by atoms with E-state index in [0.717, 1.165) is 51.7 Å². The zero-order valence-corrected chi connectivity index (χ0v) is 9.51. The molecule has 2 nitrogen and oxygen atoms in total. The molecule has 0 spiro atoms. The Morgan fingerprint density at radius 2 is 1.23 bits per heavy atom. The van der Waals surface area contributed by atoms with Gasteiger partial charge in [-0.1, -0.05) is 33.6 Å². The van der Waals surface area contributed by atoms with Crippen molar-refractivity contribution in [2.75, 3.05) is 19.6 Å². The number of hydrogen-bond acceptors (Lipinski definition) is 1. The molecule has 13 heavy (non-hydrogen) atoms. The molecule has 0 radical (unpaired) electrons. The fourth-order valence-electron chi connectivity index (χ4n) is 1.64. The monoisotopic (exact) mass is 187 g/mol. The average molecular weight is 187 g/mol. The Morgan fingerprint density at radius 3 is 1.54 bits per heavy atom. The van der Waals surface area contributed by atoms with E-state index in [0.29, 0.717) is 0 Å². The lowest BCUT2D eigenvalue weighted by molar-refractivity contribution is -0.881. The highest BCUT2D eigenvalue weighted by molar-refractivity contribution is 4.45. The zero-order valence-electron chi connectivity index (χ0n) is 9.51. The molecular formula is C11H25NO. The third kappa shape index (κ3) is 6.05. The van der Waals surface area contributed by atoms with Gasteiger partial charge >= 0.3 is 0 Å². The molecule has 0 fully saturated rings. The van der Waals surface area contributed by atoms with E-state index in [1.807, 2.05) is 0 Å². The zero-order chi connectivity index (χ0) is 10.2. The van der Waals surface area contributed by atoms with Crippen molar-refractivity contribution in [1.82, 2.24) is 0 Å². The van der Waals surface area contributed by atoms with Crippen molar-refractivity contribution in [1.29, 1.82) is 0 Å². The maximum absolute atomic E-state index is 12.2. The van der Waals surface area contributed by atoms with E-state index in [4.69, 9.17) is 0 Å². The third-order valence-electron chi connectivity index (χ3n) is 2.47. The number of hydroxylamine groups is 3. The van der Waals surface area contributed by atoms with E-state index in [1.54, 1.807) is 0 Å². The standard InChI is InChI=1S/C11H25NO/c1-4-7-10-12(13,9-6-3)11-8-5-2/h4-11H2,1-3H3. The molecule has 2 heteroatoms. The second-order valence-corrected chi connectivity index (χ2v) is 3.94. The number of nitrogens with zero attached hydrogens (tertiary/aromatic N) is 1. The Labute approximate surface area is 83.1 Å². The molecule has 0 heterocycles. The van der Waals surface area contributed by atoms with Crippen LogP contribution >= 0.6 is 0 Å². The first kappa shape index (κ1) is 12.9. The number of rotatable bonds is 8. The van der Waals surface area contributed by atoms with Gasteiger partial charge in [0.25, 0.3) is 0 Å². The molecule has 0 bridgehead atoms.